The van der Waals surface area contributed by atoms with Crippen LogP contribution in [0.5, 0.6) is 17.2 Å². The maximum atomic E-state index is 11.8. The highest BCUT2D eigenvalue weighted by atomic mass is 16.8. The van der Waals surface area contributed by atoms with Crippen LogP contribution in [-0.4, -0.2) is 136 Å². The number of ether oxygens (including phenoxy) is 4. The van der Waals surface area contributed by atoms with Crippen LogP contribution in [0.25, 0.3) is 0 Å². The molecule has 16 nitrogen and oxygen atoms in total. The molecule has 2 heterocycles. The van der Waals surface area contributed by atoms with Gasteiger partial charge in [0, 0.05) is 5.56 Å². The predicted octanol–water partition coefficient (Wildman–Crippen LogP) is -3.15. The van der Waals surface area contributed by atoms with Gasteiger partial charge in [-0.3, -0.25) is 0 Å². The number of aromatic hydroxyl groups is 2. The summed E-state index contributed by atoms with van der Waals surface area (Å²) in [4.78, 5) is 11.8. The van der Waals surface area contributed by atoms with E-state index in [1.807, 2.05) is 6.92 Å². The summed E-state index contributed by atoms with van der Waals surface area (Å²) in [6.07, 6.45) is -11.3. The van der Waals surface area contributed by atoms with Crippen molar-refractivity contribution in [2.75, 3.05) is 19.8 Å². The normalized spacial score (nSPS) is 36.1. The van der Waals surface area contributed by atoms with Crippen molar-refractivity contribution in [1.82, 2.24) is 0 Å². The third-order valence-corrected chi connectivity index (χ3v) is 7.06. The molecule has 2 fully saturated rings. The van der Waals surface area contributed by atoms with Crippen LogP contribution < -0.4 is 4.74 Å². The molecule has 1 aromatic carbocycles. The third-order valence-electron chi connectivity index (χ3n) is 7.06. The van der Waals surface area contributed by atoms with Crippen molar-refractivity contribution < 1.29 is 79.9 Å². The van der Waals surface area contributed by atoms with Crippen LogP contribution in [0.1, 0.15) is 42.1 Å². The molecule has 0 amide bonds. The number of unbranched alkanes of at least 4 members (excludes halogenated alkanes) is 2. The number of aromatic carboxylic acids is 1. The average Bonchev–Trinajstić information content (AvgIpc) is 3.12. The lowest BCUT2D eigenvalue weighted by molar-refractivity contribution is -0.390. The fourth-order valence-corrected chi connectivity index (χ4v) is 4.62. The van der Waals surface area contributed by atoms with E-state index in [0.717, 1.165) is 12.5 Å². The van der Waals surface area contributed by atoms with Gasteiger partial charge in [0.15, 0.2) is 17.6 Å². The fraction of sp³-hybridized carbons (Fsp3) is 0.708. The Balaban J connectivity index is 1.86. The summed E-state index contributed by atoms with van der Waals surface area (Å²) in [5.41, 5.74) is -2.95. The van der Waals surface area contributed by atoms with E-state index < -0.39 is 103 Å². The molecule has 228 valence electrons. The van der Waals surface area contributed by atoms with Gasteiger partial charge in [0.1, 0.15) is 36.1 Å². The van der Waals surface area contributed by atoms with Gasteiger partial charge in [0.25, 0.3) is 0 Å². The van der Waals surface area contributed by atoms with E-state index in [-0.39, 0.29) is 12.0 Å². The number of carboxylic acid groups (broad SMARTS) is 1. The fourth-order valence-electron chi connectivity index (χ4n) is 4.62. The molecule has 0 aromatic heterocycles. The molecule has 0 saturated carbocycles. The molecular formula is C24H36O16. The lowest BCUT2D eigenvalue weighted by Crippen LogP contribution is -2.61. The molecule has 16 heteroatoms. The predicted molar refractivity (Wildman–Crippen MR) is 128 cm³/mol. The Bertz CT molecular complexity index is 1040. The number of hydrogen-bond acceptors (Lipinski definition) is 15. The van der Waals surface area contributed by atoms with Gasteiger partial charge < -0.3 is 75.1 Å². The Hall–Kier alpha value is -2.35. The van der Waals surface area contributed by atoms with Gasteiger partial charge in [-0.25, -0.2) is 4.79 Å². The maximum absolute atomic E-state index is 11.8. The first-order chi connectivity index (χ1) is 18.7. The highest BCUT2D eigenvalue weighted by Gasteiger charge is 2.64. The summed E-state index contributed by atoms with van der Waals surface area (Å²) >= 11 is 0. The number of phenolic OH excluding ortho intramolecular Hbond substituents is 2. The van der Waals surface area contributed by atoms with Crippen LogP contribution in [0.15, 0.2) is 6.07 Å². The maximum Gasteiger partial charge on any atom is 0.336 e. The molecule has 0 bridgehead atoms. The zero-order valence-corrected chi connectivity index (χ0v) is 21.5. The lowest BCUT2D eigenvalue weighted by Gasteiger charge is -2.41. The van der Waals surface area contributed by atoms with Gasteiger partial charge in [-0.2, -0.15) is 0 Å². The smallest absolute Gasteiger partial charge is 0.336 e. The first-order valence-corrected chi connectivity index (χ1v) is 12.6. The van der Waals surface area contributed by atoms with Gasteiger partial charge in [-0.05, 0) is 18.9 Å². The number of carbonyl (C=O) groups is 1. The summed E-state index contributed by atoms with van der Waals surface area (Å²) in [5.74, 6) is -6.71. The molecule has 2 aliphatic rings. The second-order valence-electron chi connectivity index (χ2n) is 9.78. The molecule has 0 aliphatic carbocycles. The second kappa shape index (κ2) is 12.7. The zero-order valence-electron chi connectivity index (χ0n) is 21.5. The summed E-state index contributed by atoms with van der Waals surface area (Å²) < 4.78 is 21.1. The molecule has 2 aliphatic heterocycles. The number of aliphatic hydroxyl groups excluding tert-OH is 6. The number of benzene rings is 1. The van der Waals surface area contributed by atoms with E-state index in [0.29, 0.717) is 12.8 Å². The Kier molecular flexibility index (Phi) is 10.2. The molecule has 3 rings (SSSR count). The van der Waals surface area contributed by atoms with E-state index in [1.165, 1.54) is 0 Å². The van der Waals surface area contributed by atoms with E-state index >= 15 is 0 Å². The summed E-state index contributed by atoms with van der Waals surface area (Å²) in [7, 11) is 0. The second-order valence-corrected chi connectivity index (χ2v) is 9.78. The number of rotatable bonds is 12. The SMILES string of the molecule is CCCCCc1c(C(=O)O)cc(O)c(O)c1O[C@@H]1O[C@H](CO[C@]2(O)O[C@H](CO)[C@](O)(CO)[C@H]2O)[C@@H](O)[C@H](O)[C@H]1O. The van der Waals surface area contributed by atoms with Crippen LogP contribution >= 0.6 is 0 Å². The summed E-state index contributed by atoms with van der Waals surface area (Å²) in [5, 5.41) is 112. The van der Waals surface area contributed by atoms with Crippen molar-refractivity contribution in [1.29, 1.82) is 0 Å². The Morgan fingerprint density at radius 2 is 1.73 bits per heavy atom. The average molecular weight is 581 g/mol. The molecule has 11 N–H and O–H groups in total. The quantitative estimate of drug-likeness (QED) is 0.0661. The highest BCUT2D eigenvalue weighted by Crippen LogP contribution is 2.43. The molecule has 2 saturated heterocycles. The Morgan fingerprint density at radius 1 is 1.05 bits per heavy atom. The van der Waals surface area contributed by atoms with E-state index in [4.69, 9.17) is 18.9 Å². The van der Waals surface area contributed by atoms with E-state index in [1.54, 1.807) is 0 Å². The van der Waals surface area contributed by atoms with Crippen molar-refractivity contribution in [3.8, 4) is 17.2 Å². The van der Waals surface area contributed by atoms with Crippen LogP contribution in [-0.2, 0) is 20.6 Å². The number of carboxylic acids is 1. The molecule has 9 atom stereocenters. The van der Waals surface area contributed by atoms with Crippen LogP contribution in [0.3, 0.4) is 0 Å². The third kappa shape index (κ3) is 5.97. The Morgan fingerprint density at radius 3 is 2.27 bits per heavy atom. The van der Waals surface area contributed by atoms with Gasteiger partial charge in [-0.1, -0.05) is 19.8 Å². The zero-order chi connectivity index (χ0) is 30.0. The summed E-state index contributed by atoms with van der Waals surface area (Å²) in [6.45, 7) is -1.06. The monoisotopic (exact) mass is 580 g/mol. The van der Waals surface area contributed by atoms with Gasteiger partial charge in [-0.15, -0.1) is 0 Å². The lowest BCUT2D eigenvalue weighted by atomic mass is 9.93. The first kappa shape index (κ1) is 32.2. The van der Waals surface area contributed by atoms with Crippen molar-refractivity contribution in [3.63, 3.8) is 0 Å². The molecule has 0 spiro atoms. The molecule has 1 aromatic rings. The van der Waals surface area contributed by atoms with Gasteiger partial charge >= 0.3 is 11.9 Å². The van der Waals surface area contributed by atoms with Crippen LogP contribution in [0.2, 0.25) is 0 Å². The van der Waals surface area contributed by atoms with Crippen molar-refractivity contribution >= 4 is 5.97 Å². The molecule has 40 heavy (non-hydrogen) atoms. The van der Waals surface area contributed by atoms with Crippen molar-refractivity contribution in [3.05, 3.63) is 17.2 Å². The minimum absolute atomic E-state index is 0.0319. The minimum Gasteiger partial charge on any atom is -0.504 e. The largest absolute Gasteiger partial charge is 0.504 e. The van der Waals surface area contributed by atoms with E-state index in [2.05, 4.69) is 0 Å². The van der Waals surface area contributed by atoms with Crippen molar-refractivity contribution in [2.24, 2.45) is 0 Å². The van der Waals surface area contributed by atoms with Crippen LogP contribution in [0.4, 0.5) is 0 Å². The van der Waals surface area contributed by atoms with Gasteiger partial charge in [0.05, 0.1) is 25.4 Å². The van der Waals surface area contributed by atoms with Crippen LogP contribution in [0, 0.1) is 0 Å². The minimum atomic E-state index is -3.02. The molecule has 0 radical (unpaired) electrons. The number of hydrogen-bond donors (Lipinski definition) is 11. The topological polar surface area (TPSA) is 277 Å². The first-order valence-electron chi connectivity index (χ1n) is 12.6. The molecule has 0 unspecified atom stereocenters. The summed E-state index contributed by atoms with van der Waals surface area (Å²) in [6, 6.07) is 0.833. The standard InChI is InChI=1S/C24H36O16/c1-2-3-4-5-10-11(20(32)33)6-12(27)15(28)19(10)39-21-18(31)17(30)16(29)13(38-21)8-37-24(36)22(34)23(35,9-26)14(7-25)40-24/h6,13-14,16-18,21-22,25-31,34-36H,2-5,7-9H2,1H3,(H,32,33)/t13-,14-,16-,17+,18-,21+,22-,23-,24+/m1/s1. The number of phenols is 2. The van der Waals surface area contributed by atoms with E-state index in [9.17, 15) is 61.0 Å². The molecular weight excluding hydrogens is 544 g/mol. The highest BCUT2D eigenvalue weighted by molar-refractivity contribution is 5.91. The number of aliphatic hydroxyl groups is 8. The van der Waals surface area contributed by atoms with Crippen molar-refractivity contribution in [2.45, 2.75) is 87.1 Å². The Labute approximate surface area is 227 Å². The van der Waals surface area contributed by atoms with Gasteiger partial charge in [0.2, 0.25) is 12.0 Å².